The largest absolute Gasteiger partial charge is 0.506 e. The van der Waals surface area contributed by atoms with Gasteiger partial charge in [0.25, 0.3) is 0 Å². The number of aromatic hydroxyl groups is 1. The van der Waals surface area contributed by atoms with Gasteiger partial charge in [-0.25, -0.2) is 0 Å². The van der Waals surface area contributed by atoms with Crippen molar-refractivity contribution in [3.05, 3.63) is 40.4 Å². The Labute approximate surface area is 160 Å². The smallest absolute Gasteiger partial charge is 0.416 e. The van der Waals surface area contributed by atoms with Crippen LogP contribution in [0.2, 0.25) is 0 Å². The number of hydrogen-bond acceptors (Lipinski definition) is 3. The lowest BCUT2D eigenvalue weighted by molar-refractivity contribution is -0.139. The van der Waals surface area contributed by atoms with Crippen LogP contribution in [0.5, 0.6) is 5.75 Å². The number of piperazine rings is 1. The van der Waals surface area contributed by atoms with Crippen LogP contribution in [0.1, 0.15) is 23.6 Å². The van der Waals surface area contributed by atoms with Crippen LogP contribution in [0.4, 0.5) is 13.2 Å². The number of benzene rings is 1. The number of phenols is 1. The number of rotatable bonds is 4. The third-order valence-corrected chi connectivity index (χ3v) is 4.43. The average Bonchev–Trinajstić information content (AvgIpc) is 2.47. The summed E-state index contributed by atoms with van der Waals surface area (Å²) >= 11 is 3.12. The molecule has 1 aromatic rings. The Kier molecular flexibility index (Phi) is 9.68. The SMILES string of the molecule is C=CC[C@H](c1c(C(F)(F)F)ccc(Br)c1O)N1CCNCC1.Cl.Cl. The van der Waals surface area contributed by atoms with E-state index in [-0.39, 0.29) is 40.6 Å². The van der Waals surface area contributed by atoms with Crippen LogP contribution in [0, 0.1) is 0 Å². The monoisotopic (exact) mass is 450 g/mol. The van der Waals surface area contributed by atoms with Crippen LogP contribution in [0.25, 0.3) is 0 Å². The minimum absolute atomic E-state index is 0. The zero-order chi connectivity index (χ0) is 16.3. The maximum Gasteiger partial charge on any atom is 0.416 e. The highest BCUT2D eigenvalue weighted by atomic mass is 79.9. The maximum absolute atomic E-state index is 13.3. The van der Waals surface area contributed by atoms with E-state index in [1.54, 1.807) is 6.08 Å². The van der Waals surface area contributed by atoms with Gasteiger partial charge >= 0.3 is 6.18 Å². The Balaban J connectivity index is 0.00000264. The fourth-order valence-corrected chi connectivity index (χ4v) is 3.11. The van der Waals surface area contributed by atoms with Gasteiger partial charge in [0.2, 0.25) is 0 Å². The van der Waals surface area contributed by atoms with E-state index >= 15 is 0 Å². The number of nitrogens with one attached hydrogen (secondary N) is 1. The lowest BCUT2D eigenvalue weighted by Crippen LogP contribution is -2.45. The topological polar surface area (TPSA) is 35.5 Å². The first-order chi connectivity index (χ1) is 10.4. The molecule has 3 nitrogen and oxygen atoms in total. The molecule has 1 aromatic carbocycles. The molecule has 138 valence electrons. The fourth-order valence-electron chi connectivity index (χ4n) is 2.77. The van der Waals surface area contributed by atoms with Crippen molar-refractivity contribution < 1.29 is 18.3 Å². The molecule has 0 spiro atoms. The molecule has 1 aliphatic rings. The van der Waals surface area contributed by atoms with Gasteiger partial charge in [0.15, 0.2) is 0 Å². The quantitative estimate of drug-likeness (QED) is 0.659. The maximum atomic E-state index is 13.3. The summed E-state index contributed by atoms with van der Waals surface area (Å²) in [5.74, 6) is -0.347. The molecule has 0 unspecified atom stereocenters. The zero-order valence-corrected chi connectivity index (χ0v) is 16.0. The van der Waals surface area contributed by atoms with E-state index in [0.29, 0.717) is 32.6 Å². The van der Waals surface area contributed by atoms with Crippen LogP contribution in [-0.4, -0.2) is 36.2 Å². The molecule has 0 aliphatic carbocycles. The first kappa shape index (κ1) is 23.5. The Morgan fingerprint density at radius 2 is 1.88 bits per heavy atom. The molecule has 1 aliphatic heterocycles. The Hall–Kier alpha value is -0.470. The molecule has 0 saturated carbocycles. The van der Waals surface area contributed by atoms with Crippen molar-refractivity contribution in [2.45, 2.75) is 18.6 Å². The third kappa shape index (κ3) is 5.26. The van der Waals surface area contributed by atoms with Gasteiger partial charge in [-0.2, -0.15) is 13.2 Å². The van der Waals surface area contributed by atoms with Crippen LogP contribution in [0.3, 0.4) is 0 Å². The van der Waals surface area contributed by atoms with Crippen molar-refractivity contribution in [3.8, 4) is 5.75 Å². The number of hydrogen-bond donors (Lipinski definition) is 2. The summed E-state index contributed by atoms with van der Waals surface area (Å²) < 4.78 is 40.3. The third-order valence-electron chi connectivity index (χ3n) is 3.79. The predicted molar refractivity (Wildman–Crippen MR) is 97.3 cm³/mol. The molecule has 2 N–H and O–H groups in total. The number of alkyl halides is 3. The van der Waals surface area contributed by atoms with Crippen LogP contribution >= 0.6 is 40.7 Å². The summed E-state index contributed by atoms with van der Waals surface area (Å²) in [5, 5.41) is 13.4. The van der Waals surface area contributed by atoms with Gasteiger partial charge < -0.3 is 10.4 Å². The normalized spacial score (nSPS) is 16.7. The molecular weight excluding hydrogens is 432 g/mol. The van der Waals surface area contributed by atoms with Crippen molar-refractivity contribution in [1.82, 2.24) is 10.2 Å². The van der Waals surface area contributed by atoms with Gasteiger partial charge in [-0.3, -0.25) is 4.90 Å². The number of phenolic OH excluding ortho intramolecular Hbond substituents is 1. The van der Waals surface area contributed by atoms with E-state index in [1.165, 1.54) is 6.07 Å². The highest BCUT2D eigenvalue weighted by Crippen LogP contribution is 2.44. The van der Waals surface area contributed by atoms with Gasteiger partial charge in [-0.15, -0.1) is 31.4 Å². The number of nitrogens with zero attached hydrogens (tertiary/aromatic N) is 1. The van der Waals surface area contributed by atoms with E-state index in [0.717, 1.165) is 6.07 Å². The molecule has 1 saturated heterocycles. The molecule has 0 amide bonds. The molecule has 0 radical (unpaired) electrons. The predicted octanol–water partition coefficient (Wildman–Crippen LogP) is 4.54. The highest BCUT2D eigenvalue weighted by Gasteiger charge is 2.38. The lowest BCUT2D eigenvalue weighted by atomic mass is 9.94. The molecule has 9 heteroatoms. The van der Waals surface area contributed by atoms with E-state index in [1.807, 2.05) is 4.90 Å². The Morgan fingerprint density at radius 1 is 1.29 bits per heavy atom. The summed E-state index contributed by atoms with van der Waals surface area (Å²) in [4.78, 5) is 1.95. The van der Waals surface area contributed by atoms with Crippen LogP contribution < -0.4 is 5.32 Å². The standard InChI is InChI=1S/C15H18BrF3N2O.2ClH/c1-2-3-12(21-8-6-20-7-9-21)13-10(15(17,18)19)4-5-11(16)14(13)22;;/h2,4-5,12,20,22H,1,3,6-9H2;2*1H/t12-;;/m1../s1. The first-order valence-corrected chi connectivity index (χ1v) is 7.79. The fraction of sp³-hybridized carbons (Fsp3) is 0.467. The summed E-state index contributed by atoms with van der Waals surface area (Å²) in [6.07, 6.45) is -2.58. The Bertz CT molecular complexity index is 552. The zero-order valence-electron chi connectivity index (χ0n) is 12.8. The number of halogens is 6. The highest BCUT2D eigenvalue weighted by molar-refractivity contribution is 9.10. The van der Waals surface area contributed by atoms with E-state index in [9.17, 15) is 18.3 Å². The molecule has 2 rings (SSSR count). The summed E-state index contributed by atoms with van der Waals surface area (Å²) in [6.45, 7) is 6.33. The molecule has 1 fully saturated rings. The molecule has 1 atom stereocenters. The summed E-state index contributed by atoms with van der Waals surface area (Å²) in [7, 11) is 0. The Morgan fingerprint density at radius 3 is 2.38 bits per heavy atom. The van der Waals surface area contributed by atoms with E-state index in [4.69, 9.17) is 0 Å². The van der Waals surface area contributed by atoms with E-state index < -0.39 is 17.8 Å². The van der Waals surface area contributed by atoms with Gasteiger partial charge in [-0.1, -0.05) is 6.08 Å². The average molecular weight is 452 g/mol. The second-order valence-electron chi connectivity index (χ2n) is 5.18. The van der Waals surface area contributed by atoms with Gasteiger partial charge in [0.1, 0.15) is 5.75 Å². The van der Waals surface area contributed by atoms with Crippen LogP contribution in [-0.2, 0) is 6.18 Å². The van der Waals surface area contributed by atoms with Gasteiger partial charge in [-0.05, 0) is 34.5 Å². The van der Waals surface area contributed by atoms with Gasteiger partial charge in [0.05, 0.1) is 10.0 Å². The molecule has 0 aromatic heterocycles. The first-order valence-electron chi connectivity index (χ1n) is 7.00. The molecule has 1 heterocycles. The second kappa shape index (κ2) is 9.87. The van der Waals surface area contributed by atoms with E-state index in [2.05, 4.69) is 27.8 Å². The molecular formula is C15H20BrCl2F3N2O. The van der Waals surface area contributed by atoms with Crippen molar-refractivity contribution in [2.24, 2.45) is 0 Å². The summed E-state index contributed by atoms with van der Waals surface area (Å²) in [5.41, 5.74) is -0.873. The van der Waals surface area contributed by atoms with Gasteiger partial charge in [0, 0.05) is 37.8 Å². The van der Waals surface area contributed by atoms with Crippen molar-refractivity contribution in [2.75, 3.05) is 26.2 Å². The van der Waals surface area contributed by atoms with Crippen molar-refractivity contribution in [1.29, 1.82) is 0 Å². The van der Waals surface area contributed by atoms with Crippen molar-refractivity contribution >= 4 is 40.7 Å². The second-order valence-corrected chi connectivity index (χ2v) is 6.04. The lowest BCUT2D eigenvalue weighted by Gasteiger charge is -2.36. The van der Waals surface area contributed by atoms with Crippen molar-refractivity contribution in [3.63, 3.8) is 0 Å². The minimum atomic E-state index is -4.51. The molecule has 24 heavy (non-hydrogen) atoms. The summed E-state index contributed by atoms with van der Waals surface area (Å²) in [6, 6.07) is 1.69. The minimum Gasteiger partial charge on any atom is -0.506 e. The molecule has 0 bridgehead atoms. The van der Waals surface area contributed by atoms with Crippen LogP contribution in [0.15, 0.2) is 29.3 Å².